The zero-order valence-electron chi connectivity index (χ0n) is 6.82. The molecular formula is C9H10O3. The fraction of sp³-hybridized carbons (Fsp3) is 0.556. The molecule has 1 saturated heterocycles. The number of hydrogen-bond acceptors (Lipinski definition) is 3. The van der Waals surface area contributed by atoms with E-state index in [0.717, 1.165) is 6.42 Å². The highest BCUT2D eigenvalue weighted by molar-refractivity contribution is 5.97. The van der Waals surface area contributed by atoms with Gasteiger partial charge in [0.05, 0.1) is 11.8 Å². The quantitative estimate of drug-likeness (QED) is 0.305. The van der Waals surface area contributed by atoms with Crippen molar-refractivity contribution in [2.45, 2.75) is 13.3 Å². The van der Waals surface area contributed by atoms with Crippen molar-refractivity contribution in [3.05, 3.63) is 12.2 Å². The van der Waals surface area contributed by atoms with Crippen LogP contribution in [0.3, 0.4) is 0 Å². The van der Waals surface area contributed by atoms with Crippen molar-refractivity contribution < 1.29 is 14.3 Å². The largest absolute Gasteiger partial charge is 0.392 e. The van der Waals surface area contributed by atoms with E-state index in [1.165, 1.54) is 0 Å². The van der Waals surface area contributed by atoms with Gasteiger partial charge in [-0.1, -0.05) is 19.1 Å². The van der Waals surface area contributed by atoms with Crippen molar-refractivity contribution in [3.63, 3.8) is 0 Å². The van der Waals surface area contributed by atoms with Gasteiger partial charge in [0.2, 0.25) is 0 Å². The molecule has 3 heteroatoms. The Morgan fingerprint density at radius 3 is 2.83 bits per heavy atom. The van der Waals surface area contributed by atoms with E-state index in [4.69, 9.17) is 0 Å². The molecule has 3 nitrogen and oxygen atoms in total. The smallest absolute Gasteiger partial charge is 0.321 e. The van der Waals surface area contributed by atoms with E-state index in [1.54, 1.807) is 6.08 Å². The standard InChI is InChI=1S/C9H10O3/c1-5-3-2-4-6-7(5)9(11)12-8(6)10/h2,4-7H,3H2,1H3/t5-,6-,7-/m1/s1. The van der Waals surface area contributed by atoms with Gasteiger partial charge in [0.15, 0.2) is 0 Å². The summed E-state index contributed by atoms with van der Waals surface area (Å²) in [7, 11) is 0. The SMILES string of the molecule is C[C@@H]1CC=C[C@H]2C(=O)OC(=O)[C@H]12. The summed E-state index contributed by atoms with van der Waals surface area (Å²) in [4.78, 5) is 22.2. The molecule has 12 heavy (non-hydrogen) atoms. The van der Waals surface area contributed by atoms with Crippen LogP contribution in [0.2, 0.25) is 0 Å². The first-order chi connectivity index (χ1) is 5.70. The number of carbonyl (C=O) groups excluding carboxylic acids is 2. The van der Waals surface area contributed by atoms with E-state index >= 15 is 0 Å². The van der Waals surface area contributed by atoms with Crippen LogP contribution in [0.5, 0.6) is 0 Å². The number of allylic oxidation sites excluding steroid dienone is 1. The molecule has 0 radical (unpaired) electrons. The predicted octanol–water partition coefficient (Wildman–Crippen LogP) is 0.898. The highest BCUT2D eigenvalue weighted by Crippen LogP contribution is 2.36. The first-order valence-electron chi connectivity index (χ1n) is 4.12. The lowest BCUT2D eigenvalue weighted by Gasteiger charge is -2.20. The maximum absolute atomic E-state index is 11.2. The second kappa shape index (κ2) is 2.44. The van der Waals surface area contributed by atoms with Crippen LogP contribution >= 0.6 is 0 Å². The fourth-order valence-corrected chi connectivity index (χ4v) is 1.90. The summed E-state index contributed by atoms with van der Waals surface area (Å²) >= 11 is 0. The third-order valence-corrected chi connectivity index (χ3v) is 2.60. The minimum Gasteiger partial charge on any atom is -0.392 e. The van der Waals surface area contributed by atoms with E-state index < -0.39 is 0 Å². The maximum Gasteiger partial charge on any atom is 0.321 e. The Morgan fingerprint density at radius 1 is 1.42 bits per heavy atom. The molecule has 0 aromatic carbocycles. The van der Waals surface area contributed by atoms with E-state index in [9.17, 15) is 9.59 Å². The summed E-state index contributed by atoms with van der Waals surface area (Å²) in [5.74, 6) is -1.02. The lowest BCUT2D eigenvalue weighted by atomic mass is 9.78. The summed E-state index contributed by atoms with van der Waals surface area (Å²) in [6, 6.07) is 0. The molecule has 0 unspecified atom stereocenters. The minimum atomic E-state index is -0.382. The molecule has 3 atom stereocenters. The number of esters is 2. The average molecular weight is 166 g/mol. The van der Waals surface area contributed by atoms with Crippen LogP contribution in [0.4, 0.5) is 0 Å². The maximum atomic E-state index is 11.2. The number of ether oxygens (including phenoxy) is 1. The molecule has 64 valence electrons. The van der Waals surface area contributed by atoms with E-state index in [2.05, 4.69) is 4.74 Å². The summed E-state index contributed by atoms with van der Waals surface area (Å²) in [6.07, 6.45) is 4.60. The van der Waals surface area contributed by atoms with Gasteiger partial charge < -0.3 is 4.74 Å². The highest BCUT2D eigenvalue weighted by atomic mass is 16.6. The van der Waals surface area contributed by atoms with Crippen LogP contribution in [0, 0.1) is 17.8 Å². The second-order valence-corrected chi connectivity index (χ2v) is 3.43. The molecule has 0 saturated carbocycles. The Bertz CT molecular complexity index is 267. The Balaban J connectivity index is 2.34. The Hall–Kier alpha value is -1.12. The first kappa shape index (κ1) is 7.53. The zero-order chi connectivity index (χ0) is 8.72. The lowest BCUT2D eigenvalue weighted by Crippen LogP contribution is -2.25. The molecule has 0 spiro atoms. The number of carbonyl (C=O) groups is 2. The molecule has 1 fully saturated rings. The molecular weight excluding hydrogens is 156 g/mol. The third-order valence-electron chi connectivity index (χ3n) is 2.60. The van der Waals surface area contributed by atoms with Gasteiger partial charge in [-0.25, -0.2) is 0 Å². The Kier molecular flexibility index (Phi) is 1.53. The number of fused-ring (bicyclic) bond motifs is 1. The second-order valence-electron chi connectivity index (χ2n) is 3.43. The lowest BCUT2D eigenvalue weighted by molar-refractivity contribution is -0.153. The Labute approximate surface area is 70.4 Å². The minimum absolute atomic E-state index is 0.220. The number of cyclic esters (lactones) is 2. The van der Waals surface area contributed by atoms with Gasteiger partial charge in [-0.2, -0.15) is 0 Å². The van der Waals surface area contributed by atoms with Gasteiger partial charge in [-0.3, -0.25) is 9.59 Å². The normalized spacial score (nSPS) is 39.6. The molecule has 0 amide bonds. The Morgan fingerprint density at radius 2 is 2.17 bits per heavy atom. The molecule has 0 aromatic rings. The molecule has 0 aromatic heterocycles. The van der Waals surface area contributed by atoms with Crippen LogP contribution in [-0.4, -0.2) is 11.9 Å². The zero-order valence-corrected chi connectivity index (χ0v) is 6.82. The average Bonchev–Trinajstić information content (AvgIpc) is 2.29. The molecule has 0 bridgehead atoms. The highest BCUT2D eigenvalue weighted by Gasteiger charge is 2.46. The van der Waals surface area contributed by atoms with E-state index in [1.807, 2.05) is 13.0 Å². The fourth-order valence-electron chi connectivity index (χ4n) is 1.90. The van der Waals surface area contributed by atoms with Crippen LogP contribution in [0.1, 0.15) is 13.3 Å². The van der Waals surface area contributed by atoms with Crippen molar-refractivity contribution in [1.82, 2.24) is 0 Å². The van der Waals surface area contributed by atoms with Crippen LogP contribution in [-0.2, 0) is 14.3 Å². The summed E-state index contributed by atoms with van der Waals surface area (Å²) in [5.41, 5.74) is 0. The molecule has 2 rings (SSSR count). The van der Waals surface area contributed by atoms with Crippen molar-refractivity contribution in [2.24, 2.45) is 17.8 Å². The van der Waals surface area contributed by atoms with Crippen molar-refractivity contribution >= 4 is 11.9 Å². The molecule has 1 heterocycles. The summed E-state index contributed by atoms with van der Waals surface area (Å²) < 4.78 is 4.55. The van der Waals surface area contributed by atoms with Gasteiger partial charge in [0, 0.05) is 0 Å². The number of hydrogen-bond donors (Lipinski definition) is 0. The number of rotatable bonds is 0. The summed E-state index contributed by atoms with van der Waals surface area (Å²) in [5, 5.41) is 0. The van der Waals surface area contributed by atoms with Crippen LogP contribution < -0.4 is 0 Å². The van der Waals surface area contributed by atoms with Gasteiger partial charge in [0.25, 0.3) is 0 Å². The van der Waals surface area contributed by atoms with Crippen molar-refractivity contribution in [3.8, 4) is 0 Å². The van der Waals surface area contributed by atoms with Gasteiger partial charge >= 0.3 is 11.9 Å². The van der Waals surface area contributed by atoms with Crippen LogP contribution in [0.15, 0.2) is 12.2 Å². The topological polar surface area (TPSA) is 43.4 Å². The van der Waals surface area contributed by atoms with Crippen LogP contribution in [0.25, 0.3) is 0 Å². The van der Waals surface area contributed by atoms with Gasteiger partial charge in [-0.15, -0.1) is 0 Å². The predicted molar refractivity (Wildman–Crippen MR) is 41.0 cm³/mol. The molecule has 1 aliphatic heterocycles. The van der Waals surface area contributed by atoms with Crippen molar-refractivity contribution in [2.75, 3.05) is 0 Å². The molecule has 1 aliphatic carbocycles. The van der Waals surface area contributed by atoms with E-state index in [-0.39, 0.29) is 29.7 Å². The third kappa shape index (κ3) is 0.891. The molecule has 0 N–H and O–H groups in total. The molecule has 2 aliphatic rings. The van der Waals surface area contributed by atoms with Gasteiger partial charge in [-0.05, 0) is 12.3 Å². The van der Waals surface area contributed by atoms with E-state index in [0.29, 0.717) is 0 Å². The monoisotopic (exact) mass is 166 g/mol. The summed E-state index contributed by atoms with van der Waals surface area (Å²) in [6.45, 7) is 1.97. The van der Waals surface area contributed by atoms with Gasteiger partial charge in [0.1, 0.15) is 0 Å². The van der Waals surface area contributed by atoms with Crippen molar-refractivity contribution in [1.29, 1.82) is 0 Å². The first-order valence-corrected chi connectivity index (χ1v) is 4.12.